The van der Waals surface area contributed by atoms with Gasteiger partial charge in [0.15, 0.2) is 0 Å². The predicted molar refractivity (Wildman–Crippen MR) is 69.8 cm³/mol. The van der Waals surface area contributed by atoms with E-state index in [1.807, 2.05) is 5.51 Å². The van der Waals surface area contributed by atoms with Crippen molar-refractivity contribution >= 4 is 11.3 Å². The highest BCUT2D eigenvalue weighted by Gasteiger charge is 2.35. The van der Waals surface area contributed by atoms with E-state index in [9.17, 15) is 0 Å². The van der Waals surface area contributed by atoms with Crippen molar-refractivity contribution in [2.24, 2.45) is 11.3 Å². The van der Waals surface area contributed by atoms with Crippen molar-refractivity contribution in [1.29, 1.82) is 0 Å². The lowest BCUT2D eigenvalue weighted by molar-refractivity contribution is 0.362. The standard InChI is InChI=1S/C13H22N2S/c1-10-6-13(2,3)7-12(10)14-5-4-11-8-16-9-15-11/h8-10,12,14H,4-7H2,1-3H3/t10-,12+/m0/s1. The number of nitrogens with one attached hydrogen (secondary N) is 1. The van der Waals surface area contributed by atoms with Crippen LogP contribution in [0.25, 0.3) is 0 Å². The molecule has 0 bridgehead atoms. The lowest BCUT2D eigenvalue weighted by atomic mass is 9.91. The van der Waals surface area contributed by atoms with Crippen molar-refractivity contribution in [1.82, 2.24) is 10.3 Å². The van der Waals surface area contributed by atoms with Crippen molar-refractivity contribution < 1.29 is 0 Å². The maximum Gasteiger partial charge on any atom is 0.0794 e. The summed E-state index contributed by atoms with van der Waals surface area (Å²) in [6.07, 6.45) is 3.72. The summed E-state index contributed by atoms with van der Waals surface area (Å²) in [7, 11) is 0. The fourth-order valence-electron chi connectivity index (χ4n) is 2.91. The fourth-order valence-corrected chi connectivity index (χ4v) is 3.51. The second-order valence-electron chi connectivity index (χ2n) is 5.84. The van der Waals surface area contributed by atoms with E-state index in [1.54, 1.807) is 11.3 Å². The molecule has 1 aliphatic rings. The average molecular weight is 238 g/mol. The zero-order chi connectivity index (χ0) is 11.6. The molecule has 0 radical (unpaired) electrons. The lowest BCUT2D eigenvalue weighted by Crippen LogP contribution is -2.33. The first kappa shape index (κ1) is 12.1. The molecule has 3 heteroatoms. The quantitative estimate of drug-likeness (QED) is 0.872. The number of hydrogen-bond donors (Lipinski definition) is 1. The number of aromatic nitrogens is 1. The molecule has 2 rings (SSSR count). The monoisotopic (exact) mass is 238 g/mol. The summed E-state index contributed by atoms with van der Waals surface area (Å²) in [5, 5.41) is 5.83. The van der Waals surface area contributed by atoms with Gasteiger partial charge < -0.3 is 5.32 Å². The lowest BCUT2D eigenvalue weighted by Gasteiger charge is -2.18. The van der Waals surface area contributed by atoms with Crippen LogP contribution < -0.4 is 5.32 Å². The molecule has 0 aromatic carbocycles. The molecule has 1 aromatic rings. The summed E-state index contributed by atoms with van der Waals surface area (Å²) >= 11 is 1.68. The molecule has 1 aliphatic carbocycles. The summed E-state index contributed by atoms with van der Waals surface area (Å²) in [5.41, 5.74) is 3.66. The maximum atomic E-state index is 4.31. The van der Waals surface area contributed by atoms with Crippen LogP contribution in [0.5, 0.6) is 0 Å². The van der Waals surface area contributed by atoms with Crippen LogP contribution >= 0.6 is 11.3 Å². The van der Waals surface area contributed by atoms with E-state index < -0.39 is 0 Å². The highest BCUT2D eigenvalue weighted by molar-refractivity contribution is 7.07. The second kappa shape index (κ2) is 4.84. The Morgan fingerprint density at radius 2 is 2.31 bits per heavy atom. The van der Waals surface area contributed by atoms with Crippen molar-refractivity contribution in [2.75, 3.05) is 6.54 Å². The molecular weight excluding hydrogens is 216 g/mol. The Labute approximate surface area is 102 Å². The van der Waals surface area contributed by atoms with Crippen LogP contribution in [0.3, 0.4) is 0 Å². The summed E-state index contributed by atoms with van der Waals surface area (Å²) in [6, 6.07) is 0.702. The van der Waals surface area contributed by atoms with Crippen LogP contribution in [-0.4, -0.2) is 17.6 Å². The van der Waals surface area contributed by atoms with Crippen molar-refractivity contribution in [3.8, 4) is 0 Å². The minimum atomic E-state index is 0.526. The van der Waals surface area contributed by atoms with E-state index in [4.69, 9.17) is 0 Å². The van der Waals surface area contributed by atoms with Gasteiger partial charge in [-0.2, -0.15) is 0 Å². The van der Waals surface area contributed by atoms with Gasteiger partial charge in [-0.15, -0.1) is 11.3 Å². The number of thiazole rings is 1. The Kier molecular flexibility index (Phi) is 3.65. The highest BCUT2D eigenvalue weighted by atomic mass is 32.1. The first-order valence-electron chi connectivity index (χ1n) is 6.17. The Hall–Kier alpha value is -0.410. The molecule has 0 aliphatic heterocycles. The smallest absolute Gasteiger partial charge is 0.0794 e. The second-order valence-corrected chi connectivity index (χ2v) is 6.56. The molecule has 1 heterocycles. The number of rotatable bonds is 4. The Balaban J connectivity index is 1.74. The predicted octanol–water partition coefficient (Wildman–Crippen LogP) is 3.10. The topological polar surface area (TPSA) is 24.9 Å². The van der Waals surface area contributed by atoms with Gasteiger partial charge in [-0.1, -0.05) is 20.8 Å². The van der Waals surface area contributed by atoms with Gasteiger partial charge in [-0.25, -0.2) is 4.98 Å². The van der Waals surface area contributed by atoms with Crippen LogP contribution in [0.4, 0.5) is 0 Å². The van der Waals surface area contributed by atoms with Crippen molar-refractivity contribution in [3.05, 3.63) is 16.6 Å². The van der Waals surface area contributed by atoms with Crippen LogP contribution in [-0.2, 0) is 6.42 Å². The van der Waals surface area contributed by atoms with Gasteiger partial charge in [0.2, 0.25) is 0 Å². The molecule has 0 spiro atoms. The van der Waals surface area contributed by atoms with Crippen LogP contribution in [0.15, 0.2) is 10.9 Å². The zero-order valence-corrected chi connectivity index (χ0v) is 11.3. The third-order valence-corrected chi connectivity index (χ3v) is 4.24. The Morgan fingerprint density at radius 3 is 2.88 bits per heavy atom. The van der Waals surface area contributed by atoms with Crippen LogP contribution in [0.1, 0.15) is 39.3 Å². The molecular formula is C13H22N2S. The van der Waals surface area contributed by atoms with Crippen molar-refractivity contribution in [3.63, 3.8) is 0 Å². The van der Waals surface area contributed by atoms with Crippen molar-refractivity contribution in [2.45, 2.75) is 46.1 Å². The summed E-state index contributed by atoms with van der Waals surface area (Å²) < 4.78 is 0. The third kappa shape index (κ3) is 3.05. The minimum absolute atomic E-state index is 0.526. The van der Waals surface area contributed by atoms with Gasteiger partial charge in [0.05, 0.1) is 11.2 Å². The Morgan fingerprint density at radius 1 is 1.50 bits per heavy atom. The number of nitrogens with zero attached hydrogens (tertiary/aromatic N) is 1. The SMILES string of the molecule is C[C@H]1CC(C)(C)C[C@H]1NCCc1cscn1. The van der Waals surface area contributed by atoms with E-state index in [0.717, 1.165) is 18.9 Å². The summed E-state index contributed by atoms with van der Waals surface area (Å²) in [6.45, 7) is 8.20. The zero-order valence-electron chi connectivity index (χ0n) is 10.5. The molecule has 1 fully saturated rings. The normalized spacial score (nSPS) is 28.4. The summed E-state index contributed by atoms with van der Waals surface area (Å²) in [4.78, 5) is 4.31. The Bertz CT molecular complexity index is 319. The van der Waals surface area contributed by atoms with E-state index in [-0.39, 0.29) is 0 Å². The first-order valence-corrected chi connectivity index (χ1v) is 7.11. The van der Waals surface area contributed by atoms with E-state index in [1.165, 1.54) is 18.5 Å². The molecule has 1 N–H and O–H groups in total. The molecule has 2 nitrogen and oxygen atoms in total. The summed E-state index contributed by atoms with van der Waals surface area (Å²) in [5.74, 6) is 0.811. The van der Waals surface area contributed by atoms with Gasteiger partial charge in [0, 0.05) is 24.4 Å². The van der Waals surface area contributed by atoms with Gasteiger partial charge in [0.25, 0.3) is 0 Å². The molecule has 0 unspecified atom stereocenters. The first-order chi connectivity index (χ1) is 7.57. The van der Waals surface area contributed by atoms with E-state index in [0.29, 0.717) is 11.5 Å². The van der Waals surface area contributed by atoms with Crippen LogP contribution in [0, 0.1) is 11.3 Å². The number of hydrogen-bond acceptors (Lipinski definition) is 3. The molecule has 1 aromatic heterocycles. The van der Waals surface area contributed by atoms with Gasteiger partial charge >= 0.3 is 0 Å². The average Bonchev–Trinajstić information content (AvgIpc) is 2.75. The maximum absolute atomic E-state index is 4.31. The molecule has 90 valence electrons. The van der Waals surface area contributed by atoms with Gasteiger partial charge in [0.1, 0.15) is 0 Å². The minimum Gasteiger partial charge on any atom is -0.313 e. The third-order valence-electron chi connectivity index (χ3n) is 3.61. The van der Waals surface area contributed by atoms with Gasteiger partial charge in [-0.05, 0) is 24.2 Å². The van der Waals surface area contributed by atoms with E-state index >= 15 is 0 Å². The molecule has 1 saturated carbocycles. The molecule has 0 saturated heterocycles. The van der Waals surface area contributed by atoms with E-state index in [2.05, 4.69) is 36.5 Å². The molecule has 2 atom stereocenters. The molecule has 0 amide bonds. The largest absolute Gasteiger partial charge is 0.313 e. The fraction of sp³-hybridized carbons (Fsp3) is 0.769. The van der Waals surface area contributed by atoms with Gasteiger partial charge in [-0.3, -0.25) is 0 Å². The van der Waals surface area contributed by atoms with Crippen LogP contribution in [0.2, 0.25) is 0 Å². The molecule has 16 heavy (non-hydrogen) atoms. The highest BCUT2D eigenvalue weighted by Crippen LogP contribution is 2.40.